The zero-order valence-corrected chi connectivity index (χ0v) is 15.6. The highest BCUT2D eigenvalue weighted by atomic mass is 35.5. The molecule has 0 bridgehead atoms. The summed E-state index contributed by atoms with van der Waals surface area (Å²) in [7, 11) is 0. The number of nitrogens with zero attached hydrogens (tertiary/aromatic N) is 4. The molecular formula is C17H16Cl2N6O. The van der Waals surface area contributed by atoms with Crippen LogP contribution in [0.25, 0.3) is 0 Å². The molecule has 134 valence electrons. The molecule has 3 rings (SSSR count). The topological polar surface area (TPSA) is 88.0 Å². The first-order valence-electron chi connectivity index (χ1n) is 7.77. The number of rotatable bonds is 5. The molecule has 0 radical (unpaired) electrons. The van der Waals surface area contributed by atoms with Gasteiger partial charge in [0.1, 0.15) is 5.15 Å². The molecule has 0 aliphatic carbocycles. The SMILES string of the molecule is Cc1cc(=O)[nH]c(N/N=C\c2c(C)nn(Cc3ccc(Cl)cc3)c2Cl)n1. The van der Waals surface area contributed by atoms with E-state index in [9.17, 15) is 4.79 Å². The molecule has 26 heavy (non-hydrogen) atoms. The number of hydrogen-bond donors (Lipinski definition) is 2. The zero-order chi connectivity index (χ0) is 18.7. The molecule has 7 nitrogen and oxygen atoms in total. The fourth-order valence-corrected chi connectivity index (χ4v) is 2.78. The van der Waals surface area contributed by atoms with Crippen LogP contribution < -0.4 is 11.0 Å². The van der Waals surface area contributed by atoms with Crippen LogP contribution in [0, 0.1) is 13.8 Å². The molecule has 2 heterocycles. The Morgan fingerprint density at radius 1 is 1.27 bits per heavy atom. The Hall–Kier alpha value is -2.64. The van der Waals surface area contributed by atoms with E-state index >= 15 is 0 Å². The van der Waals surface area contributed by atoms with Crippen LogP contribution in [0.5, 0.6) is 0 Å². The number of benzene rings is 1. The van der Waals surface area contributed by atoms with Gasteiger partial charge in [0.25, 0.3) is 5.56 Å². The second kappa shape index (κ2) is 7.72. The fraction of sp³-hybridized carbons (Fsp3) is 0.176. The number of hydrazone groups is 1. The molecule has 1 aromatic carbocycles. The van der Waals surface area contributed by atoms with Gasteiger partial charge in [0, 0.05) is 16.8 Å². The van der Waals surface area contributed by atoms with Gasteiger partial charge < -0.3 is 0 Å². The largest absolute Gasteiger partial charge is 0.291 e. The summed E-state index contributed by atoms with van der Waals surface area (Å²) in [6.07, 6.45) is 1.55. The Kier molecular flexibility index (Phi) is 5.39. The van der Waals surface area contributed by atoms with Crippen LogP contribution >= 0.6 is 23.2 Å². The first-order valence-corrected chi connectivity index (χ1v) is 8.52. The normalized spacial score (nSPS) is 11.2. The lowest BCUT2D eigenvalue weighted by Crippen LogP contribution is -2.10. The maximum absolute atomic E-state index is 11.4. The Labute approximate surface area is 159 Å². The summed E-state index contributed by atoms with van der Waals surface area (Å²) in [5, 5.41) is 9.67. The van der Waals surface area contributed by atoms with Crippen molar-refractivity contribution in [3.8, 4) is 0 Å². The van der Waals surface area contributed by atoms with E-state index in [0.29, 0.717) is 28.0 Å². The van der Waals surface area contributed by atoms with Crippen LogP contribution in [-0.2, 0) is 6.54 Å². The Bertz CT molecular complexity index is 1010. The lowest BCUT2D eigenvalue weighted by molar-refractivity contribution is 0.680. The summed E-state index contributed by atoms with van der Waals surface area (Å²) >= 11 is 12.3. The molecule has 2 aromatic heterocycles. The smallest absolute Gasteiger partial charge is 0.252 e. The number of nitrogens with one attached hydrogen (secondary N) is 2. The summed E-state index contributed by atoms with van der Waals surface area (Å²) in [5.41, 5.74) is 5.48. The highest BCUT2D eigenvalue weighted by Crippen LogP contribution is 2.20. The van der Waals surface area contributed by atoms with Crippen LogP contribution in [0.3, 0.4) is 0 Å². The van der Waals surface area contributed by atoms with Crippen molar-refractivity contribution in [2.45, 2.75) is 20.4 Å². The predicted octanol–water partition coefficient (Wildman–Crippen LogP) is 3.38. The number of aromatic amines is 1. The second-order valence-corrected chi connectivity index (χ2v) is 6.47. The van der Waals surface area contributed by atoms with Crippen molar-refractivity contribution in [3.63, 3.8) is 0 Å². The van der Waals surface area contributed by atoms with Crippen LogP contribution in [0.15, 0.2) is 40.2 Å². The van der Waals surface area contributed by atoms with Gasteiger partial charge in [-0.15, -0.1) is 0 Å². The van der Waals surface area contributed by atoms with Gasteiger partial charge in [-0.1, -0.05) is 35.3 Å². The molecule has 0 aliphatic rings. The molecule has 9 heteroatoms. The van der Waals surface area contributed by atoms with Crippen molar-refractivity contribution in [2.24, 2.45) is 5.10 Å². The van der Waals surface area contributed by atoms with Gasteiger partial charge >= 0.3 is 0 Å². The first-order chi connectivity index (χ1) is 12.4. The average molecular weight is 391 g/mol. The number of hydrogen-bond acceptors (Lipinski definition) is 5. The monoisotopic (exact) mass is 390 g/mol. The first kappa shape index (κ1) is 18.2. The highest BCUT2D eigenvalue weighted by Gasteiger charge is 2.12. The van der Waals surface area contributed by atoms with Crippen molar-refractivity contribution in [1.82, 2.24) is 19.7 Å². The molecule has 0 saturated heterocycles. The number of anilines is 1. The van der Waals surface area contributed by atoms with E-state index in [1.165, 1.54) is 6.07 Å². The Morgan fingerprint density at radius 3 is 2.69 bits per heavy atom. The van der Waals surface area contributed by atoms with Crippen molar-refractivity contribution >= 4 is 35.4 Å². The summed E-state index contributed by atoms with van der Waals surface area (Å²) in [6.45, 7) is 4.09. The summed E-state index contributed by atoms with van der Waals surface area (Å²) < 4.78 is 1.69. The lowest BCUT2D eigenvalue weighted by Gasteiger charge is -2.03. The molecule has 0 unspecified atom stereocenters. The lowest BCUT2D eigenvalue weighted by atomic mass is 10.2. The molecule has 0 fully saturated rings. The molecule has 0 amide bonds. The Balaban J connectivity index is 1.77. The molecule has 0 spiro atoms. The van der Waals surface area contributed by atoms with E-state index in [4.69, 9.17) is 23.2 Å². The minimum absolute atomic E-state index is 0.250. The van der Waals surface area contributed by atoms with E-state index in [0.717, 1.165) is 11.3 Å². The van der Waals surface area contributed by atoms with Crippen molar-refractivity contribution in [1.29, 1.82) is 0 Å². The molecule has 3 aromatic rings. The van der Waals surface area contributed by atoms with E-state index in [2.05, 4.69) is 25.6 Å². The van der Waals surface area contributed by atoms with Crippen molar-refractivity contribution < 1.29 is 0 Å². The maximum Gasteiger partial charge on any atom is 0.252 e. The van der Waals surface area contributed by atoms with Crippen LogP contribution in [0.2, 0.25) is 10.2 Å². The van der Waals surface area contributed by atoms with E-state index in [-0.39, 0.29) is 11.5 Å². The number of H-pyrrole nitrogens is 1. The van der Waals surface area contributed by atoms with Gasteiger partial charge in [-0.05, 0) is 31.5 Å². The van der Waals surface area contributed by atoms with Gasteiger partial charge in [-0.25, -0.2) is 15.1 Å². The predicted molar refractivity (Wildman–Crippen MR) is 103 cm³/mol. The van der Waals surface area contributed by atoms with Crippen LogP contribution in [0.4, 0.5) is 5.95 Å². The van der Waals surface area contributed by atoms with Crippen molar-refractivity contribution in [2.75, 3.05) is 5.43 Å². The minimum Gasteiger partial charge on any atom is -0.291 e. The third kappa shape index (κ3) is 4.30. The second-order valence-electron chi connectivity index (χ2n) is 5.68. The Morgan fingerprint density at radius 2 is 2.00 bits per heavy atom. The van der Waals surface area contributed by atoms with Gasteiger partial charge in [0.2, 0.25) is 5.95 Å². The summed E-state index contributed by atoms with van der Waals surface area (Å²) in [5.74, 6) is 0.258. The maximum atomic E-state index is 11.4. The third-order valence-corrected chi connectivity index (χ3v) is 4.24. The number of aromatic nitrogens is 4. The van der Waals surface area contributed by atoms with Crippen LogP contribution in [0.1, 0.15) is 22.5 Å². The number of halogens is 2. The number of aryl methyl sites for hydroxylation is 2. The quantitative estimate of drug-likeness (QED) is 0.516. The van der Waals surface area contributed by atoms with Gasteiger partial charge in [-0.3, -0.25) is 9.78 Å². The van der Waals surface area contributed by atoms with Gasteiger partial charge in [-0.2, -0.15) is 10.2 Å². The molecule has 2 N–H and O–H groups in total. The standard InChI is InChI=1S/C17H16Cl2N6O/c1-10-7-15(26)22-17(21-10)23-20-8-14-11(2)24-25(16(14)19)9-12-3-5-13(18)6-4-12/h3-8H,9H2,1-2H3,(H2,21,22,23,26)/b20-8-. The molecule has 0 atom stereocenters. The van der Waals surface area contributed by atoms with Crippen molar-refractivity contribution in [3.05, 3.63) is 73.4 Å². The fourth-order valence-electron chi connectivity index (χ4n) is 2.37. The summed E-state index contributed by atoms with van der Waals surface area (Å²) in [6, 6.07) is 8.89. The minimum atomic E-state index is -0.250. The van der Waals surface area contributed by atoms with E-state index in [1.807, 2.05) is 31.2 Å². The zero-order valence-electron chi connectivity index (χ0n) is 14.1. The molecule has 0 saturated carbocycles. The van der Waals surface area contributed by atoms with Crippen LogP contribution in [-0.4, -0.2) is 26.0 Å². The van der Waals surface area contributed by atoms with Gasteiger partial charge in [0.15, 0.2) is 0 Å². The molecular weight excluding hydrogens is 375 g/mol. The third-order valence-electron chi connectivity index (χ3n) is 3.59. The van der Waals surface area contributed by atoms with E-state index in [1.54, 1.807) is 17.8 Å². The molecule has 0 aliphatic heterocycles. The average Bonchev–Trinajstić information content (AvgIpc) is 2.83. The van der Waals surface area contributed by atoms with Gasteiger partial charge in [0.05, 0.1) is 24.0 Å². The van der Waals surface area contributed by atoms with E-state index < -0.39 is 0 Å². The highest BCUT2D eigenvalue weighted by molar-refractivity contribution is 6.32. The summed E-state index contributed by atoms with van der Waals surface area (Å²) in [4.78, 5) is 18.1.